The number of fused-ring (bicyclic) bond motifs is 1. The number of nitrogens with zero attached hydrogens (tertiary/aromatic N) is 3. The number of carbonyl (C=O) groups excluding carboxylic acids is 2. The first-order valence-electron chi connectivity index (χ1n) is 11.5. The minimum absolute atomic E-state index is 0.130. The van der Waals surface area contributed by atoms with Gasteiger partial charge in [0.05, 0.1) is 17.6 Å². The van der Waals surface area contributed by atoms with Gasteiger partial charge in [0.25, 0.3) is 11.8 Å². The van der Waals surface area contributed by atoms with Crippen LogP contribution >= 0.6 is 0 Å². The van der Waals surface area contributed by atoms with Crippen LogP contribution in [0.3, 0.4) is 0 Å². The van der Waals surface area contributed by atoms with Gasteiger partial charge in [0.15, 0.2) is 5.69 Å². The standard InChI is InChI=1S/C29H22N4O4/c34-25-16-15-21(30-27(35)20-11-5-2-6-12-20)17-23(25)28(36)32-31-26-22-13-7-8-14-24(22)33(29(26)37)18-19-9-3-1-4-10-19/h1-17,34,37H,18H2,(H,30,35). The lowest BCUT2D eigenvalue weighted by atomic mass is 10.1. The Morgan fingerprint density at radius 3 is 2.24 bits per heavy atom. The molecule has 5 rings (SSSR count). The van der Waals surface area contributed by atoms with Crippen molar-refractivity contribution in [2.75, 3.05) is 5.32 Å². The van der Waals surface area contributed by atoms with Gasteiger partial charge in [0, 0.05) is 16.6 Å². The molecule has 0 aliphatic rings. The third-order valence-corrected chi connectivity index (χ3v) is 5.86. The van der Waals surface area contributed by atoms with Crippen LogP contribution in [0.5, 0.6) is 11.6 Å². The lowest BCUT2D eigenvalue weighted by molar-refractivity contribution is 0.0989. The van der Waals surface area contributed by atoms with Crippen LogP contribution in [0.25, 0.3) is 10.9 Å². The second-order valence-electron chi connectivity index (χ2n) is 8.32. The summed E-state index contributed by atoms with van der Waals surface area (Å²) in [5.41, 5.74) is 2.49. The van der Waals surface area contributed by atoms with Crippen molar-refractivity contribution in [3.63, 3.8) is 0 Å². The molecule has 0 bridgehead atoms. The number of nitrogens with one attached hydrogen (secondary N) is 1. The number of phenols is 1. The van der Waals surface area contributed by atoms with E-state index in [2.05, 4.69) is 15.5 Å². The number of para-hydroxylation sites is 1. The van der Waals surface area contributed by atoms with Gasteiger partial charge in [0.2, 0.25) is 5.88 Å². The van der Waals surface area contributed by atoms with Crippen molar-refractivity contribution >= 4 is 34.1 Å². The summed E-state index contributed by atoms with van der Waals surface area (Å²) in [5.74, 6) is -1.62. The van der Waals surface area contributed by atoms with E-state index in [1.165, 1.54) is 18.2 Å². The molecule has 0 unspecified atom stereocenters. The Bertz CT molecular complexity index is 1630. The molecule has 0 atom stereocenters. The zero-order chi connectivity index (χ0) is 25.8. The Hall–Kier alpha value is -5.24. The predicted molar refractivity (Wildman–Crippen MR) is 140 cm³/mol. The summed E-state index contributed by atoms with van der Waals surface area (Å²) in [5, 5.41) is 32.4. The Labute approximate surface area is 212 Å². The fraction of sp³-hybridized carbons (Fsp3) is 0.0345. The summed E-state index contributed by atoms with van der Waals surface area (Å²) >= 11 is 0. The Balaban J connectivity index is 1.43. The molecule has 5 aromatic rings. The maximum atomic E-state index is 12.9. The number of phenolic OH excluding ortho intramolecular Hbond substituents is 1. The van der Waals surface area contributed by atoms with Crippen LogP contribution in [-0.2, 0) is 6.54 Å². The molecule has 37 heavy (non-hydrogen) atoms. The number of hydrogen-bond donors (Lipinski definition) is 3. The van der Waals surface area contributed by atoms with Gasteiger partial charge in [-0.3, -0.25) is 9.59 Å². The van der Waals surface area contributed by atoms with E-state index in [-0.39, 0.29) is 28.8 Å². The van der Waals surface area contributed by atoms with E-state index in [1.807, 2.05) is 42.5 Å². The van der Waals surface area contributed by atoms with Gasteiger partial charge in [-0.1, -0.05) is 66.7 Å². The summed E-state index contributed by atoms with van der Waals surface area (Å²) in [6.45, 7) is 0.403. The fourth-order valence-electron chi connectivity index (χ4n) is 4.02. The number of azo groups is 1. The molecule has 1 aromatic heterocycles. The summed E-state index contributed by atoms with van der Waals surface area (Å²) in [4.78, 5) is 25.3. The van der Waals surface area contributed by atoms with Crippen LogP contribution in [-0.4, -0.2) is 26.6 Å². The summed E-state index contributed by atoms with van der Waals surface area (Å²) in [6.07, 6.45) is 0. The molecule has 0 aliphatic carbocycles. The lowest BCUT2D eigenvalue weighted by Gasteiger charge is -2.07. The minimum Gasteiger partial charge on any atom is -0.507 e. The molecule has 2 amide bonds. The van der Waals surface area contributed by atoms with Crippen molar-refractivity contribution in [2.24, 2.45) is 10.2 Å². The molecule has 1 heterocycles. The highest BCUT2D eigenvalue weighted by molar-refractivity contribution is 6.05. The SMILES string of the molecule is O=C(Nc1ccc(O)c(C(=O)N=Nc2c(O)n(Cc3ccccc3)c3ccccc23)c1)c1ccccc1. The molecule has 0 aliphatic heterocycles. The largest absolute Gasteiger partial charge is 0.507 e. The molecular weight excluding hydrogens is 468 g/mol. The van der Waals surface area contributed by atoms with Crippen LogP contribution in [0, 0.1) is 0 Å². The van der Waals surface area contributed by atoms with Gasteiger partial charge in [-0.15, -0.1) is 10.2 Å². The molecule has 0 saturated heterocycles. The Morgan fingerprint density at radius 1 is 0.811 bits per heavy atom. The van der Waals surface area contributed by atoms with Gasteiger partial charge in [-0.25, -0.2) is 0 Å². The molecule has 3 N–H and O–H groups in total. The molecular formula is C29H22N4O4. The zero-order valence-corrected chi connectivity index (χ0v) is 19.6. The van der Waals surface area contributed by atoms with Crippen LogP contribution < -0.4 is 5.32 Å². The maximum Gasteiger partial charge on any atom is 0.299 e. The van der Waals surface area contributed by atoms with Gasteiger partial charge < -0.3 is 20.1 Å². The van der Waals surface area contributed by atoms with Crippen LogP contribution in [0.15, 0.2) is 113 Å². The van der Waals surface area contributed by atoms with Crippen molar-refractivity contribution in [3.8, 4) is 11.6 Å². The minimum atomic E-state index is -0.826. The number of aromatic hydroxyl groups is 2. The molecule has 8 nitrogen and oxygen atoms in total. The smallest absolute Gasteiger partial charge is 0.299 e. The summed E-state index contributed by atoms with van der Waals surface area (Å²) in [6, 6.07) is 29.7. The molecule has 0 fully saturated rings. The lowest BCUT2D eigenvalue weighted by Crippen LogP contribution is -2.12. The third kappa shape index (κ3) is 4.94. The van der Waals surface area contributed by atoms with E-state index < -0.39 is 5.91 Å². The maximum absolute atomic E-state index is 12.9. The van der Waals surface area contributed by atoms with E-state index in [4.69, 9.17) is 0 Å². The average Bonchev–Trinajstić information content (AvgIpc) is 3.19. The molecule has 8 heteroatoms. The van der Waals surface area contributed by atoms with Crippen LogP contribution in [0.1, 0.15) is 26.3 Å². The Kier molecular flexibility index (Phi) is 6.46. The molecule has 0 spiro atoms. The fourth-order valence-corrected chi connectivity index (χ4v) is 4.02. The van der Waals surface area contributed by atoms with E-state index in [1.54, 1.807) is 47.0 Å². The van der Waals surface area contributed by atoms with Crippen molar-refractivity contribution in [1.82, 2.24) is 4.57 Å². The van der Waals surface area contributed by atoms with Gasteiger partial charge in [-0.05, 0) is 42.0 Å². The van der Waals surface area contributed by atoms with Gasteiger partial charge in [0.1, 0.15) is 5.75 Å². The first-order valence-corrected chi connectivity index (χ1v) is 11.5. The first-order chi connectivity index (χ1) is 18.0. The predicted octanol–water partition coefficient (Wildman–Crippen LogP) is 6.28. The zero-order valence-electron chi connectivity index (χ0n) is 19.6. The number of benzene rings is 4. The second kappa shape index (κ2) is 10.2. The molecule has 0 saturated carbocycles. The van der Waals surface area contributed by atoms with Crippen molar-refractivity contribution < 1.29 is 19.8 Å². The highest BCUT2D eigenvalue weighted by atomic mass is 16.3. The van der Waals surface area contributed by atoms with Gasteiger partial charge in [-0.2, -0.15) is 0 Å². The average molecular weight is 491 g/mol. The molecule has 182 valence electrons. The number of carbonyl (C=O) groups is 2. The Morgan fingerprint density at radius 2 is 1.49 bits per heavy atom. The first kappa shape index (κ1) is 23.5. The highest BCUT2D eigenvalue weighted by Gasteiger charge is 2.18. The van der Waals surface area contributed by atoms with E-state index in [0.717, 1.165) is 11.1 Å². The molecule has 4 aromatic carbocycles. The monoisotopic (exact) mass is 490 g/mol. The van der Waals surface area contributed by atoms with Crippen molar-refractivity contribution in [1.29, 1.82) is 0 Å². The summed E-state index contributed by atoms with van der Waals surface area (Å²) < 4.78 is 1.70. The van der Waals surface area contributed by atoms with E-state index in [0.29, 0.717) is 23.2 Å². The van der Waals surface area contributed by atoms with Crippen molar-refractivity contribution in [2.45, 2.75) is 6.54 Å². The quantitative estimate of drug-likeness (QED) is 0.192. The van der Waals surface area contributed by atoms with Gasteiger partial charge >= 0.3 is 0 Å². The second-order valence-corrected chi connectivity index (χ2v) is 8.32. The number of hydrogen-bond acceptors (Lipinski definition) is 5. The normalized spacial score (nSPS) is 11.1. The topological polar surface area (TPSA) is 116 Å². The number of anilines is 1. The highest BCUT2D eigenvalue weighted by Crippen LogP contribution is 2.39. The van der Waals surface area contributed by atoms with E-state index in [9.17, 15) is 19.8 Å². The number of amides is 2. The van der Waals surface area contributed by atoms with Crippen LogP contribution in [0.2, 0.25) is 0 Å². The third-order valence-electron chi connectivity index (χ3n) is 5.86. The van der Waals surface area contributed by atoms with Crippen molar-refractivity contribution in [3.05, 3.63) is 120 Å². The summed E-state index contributed by atoms with van der Waals surface area (Å²) in [7, 11) is 0. The number of aromatic nitrogens is 1. The number of rotatable bonds is 6. The van der Waals surface area contributed by atoms with Crippen LogP contribution in [0.4, 0.5) is 11.4 Å². The molecule has 0 radical (unpaired) electrons. The van der Waals surface area contributed by atoms with E-state index >= 15 is 0 Å².